The van der Waals surface area contributed by atoms with E-state index >= 15 is 0 Å². The van der Waals surface area contributed by atoms with Gasteiger partial charge in [0.1, 0.15) is 42.5 Å². The second-order valence-corrected chi connectivity index (χ2v) is 6.55. The van der Waals surface area contributed by atoms with Crippen LogP contribution in [0.4, 0.5) is 8.78 Å². The minimum atomic E-state index is -5.10. The molecule has 11 nitrogen and oxygen atoms in total. The lowest BCUT2D eigenvalue weighted by Gasteiger charge is -2.34. The lowest BCUT2D eigenvalue weighted by molar-refractivity contribution is -0.00825. The van der Waals surface area contributed by atoms with E-state index in [4.69, 9.17) is 4.52 Å². The Balaban J connectivity index is 0.00000261. The standard InChI is InChI=1S/C13H13F2N6O4P.H2O/c14-10-1-2-11(12(15)3-10)13(25-26(22,23)24,4-20-8-16-6-18-20)5-21-9-17-7-19-21;/h1-3,6-9H,4-5H2,(H2,22,23,24);1H2. The zero-order valence-corrected chi connectivity index (χ0v) is 14.4. The summed E-state index contributed by atoms with van der Waals surface area (Å²) in [6.45, 7) is -0.666. The first kappa shape index (κ1) is 20.7. The zero-order valence-electron chi connectivity index (χ0n) is 13.6. The zero-order chi connectivity index (χ0) is 18.8. The van der Waals surface area contributed by atoms with Gasteiger partial charge in [-0.2, -0.15) is 10.2 Å². The second kappa shape index (κ2) is 7.98. The molecule has 0 saturated heterocycles. The molecule has 2 aromatic heterocycles. The molecule has 0 aliphatic rings. The Kier molecular flexibility index (Phi) is 6.13. The summed E-state index contributed by atoms with van der Waals surface area (Å²) < 4.78 is 46.9. The summed E-state index contributed by atoms with van der Waals surface area (Å²) in [5.74, 6) is -1.89. The molecule has 1 aromatic carbocycles. The molecule has 14 heteroatoms. The van der Waals surface area contributed by atoms with Crippen molar-refractivity contribution in [3.05, 3.63) is 60.7 Å². The van der Waals surface area contributed by atoms with Gasteiger partial charge in [0.15, 0.2) is 0 Å². The molecule has 0 atom stereocenters. The fourth-order valence-corrected chi connectivity index (χ4v) is 3.24. The lowest BCUT2D eigenvalue weighted by Crippen LogP contribution is -2.40. The summed E-state index contributed by atoms with van der Waals surface area (Å²) in [4.78, 5) is 26.3. The molecule has 0 saturated carbocycles. The van der Waals surface area contributed by atoms with Crippen LogP contribution in [0.15, 0.2) is 43.5 Å². The van der Waals surface area contributed by atoms with E-state index in [9.17, 15) is 23.1 Å². The molecule has 27 heavy (non-hydrogen) atoms. The van der Waals surface area contributed by atoms with Crippen molar-refractivity contribution in [1.29, 1.82) is 0 Å². The highest BCUT2D eigenvalue weighted by Crippen LogP contribution is 2.47. The molecule has 3 rings (SSSR count). The van der Waals surface area contributed by atoms with Crippen LogP contribution in [0.1, 0.15) is 5.56 Å². The van der Waals surface area contributed by atoms with Gasteiger partial charge in [-0.25, -0.2) is 32.7 Å². The first-order valence-electron chi connectivity index (χ1n) is 7.14. The topological polar surface area (TPSA) is 160 Å². The Morgan fingerprint density at radius 3 is 2.04 bits per heavy atom. The molecule has 0 amide bonds. The number of aromatic nitrogens is 6. The van der Waals surface area contributed by atoms with Crippen LogP contribution in [-0.2, 0) is 27.8 Å². The molecule has 0 unspecified atom stereocenters. The van der Waals surface area contributed by atoms with Crippen LogP contribution in [0.5, 0.6) is 0 Å². The molecule has 4 N–H and O–H groups in total. The molecule has 0 aliphatic heterocycles. The van der Waals surface area contributed by atoms with E-state index < -0.39 is 25.1 Å². The number of nitrogens with zero attached hydrogens (tertiary/aromatic N) is 6. The van der Waals surface area contributed by atoms with Crippen LogP contribution in [0, 0.1) is 11.6 Å². The molecule has 2 heterocycles. The minimum Gasteiger partial charge on any atom is -0.412 e. The van der Waals surface area contributed by atoms with Crippen LogP contribution in [0.3, 0.4) is 0 Å². The fourth-order valence-electron chi connectivity index (χ4n) is 2.57. The molecular weight excluding hydrogens is 389 g/mol. The molecule has 146 valence electrons. The van der Waals surface area contributed by atoms with Gasteiger partial charge in [0.25, 0.3) is 0 Å². The summed E-state index contributed by atoms with van der Waals surface area (Å²) in [6.07, 6.45) is 4.92. The Hall–Kier alpha value is -2.57. The summed E-state index contributed by atoms with van der Waals surface area (Å²) in [5.41, 5.74) is -2.26. The van der Waals surface area contributed by atoms with Crippen molar-refractivity contribution in [2.75, 3.05) is 0 Å². The summed E-state index contributed by atoms with van der Waals surface area (Å²) in [5, 5.41) is 7.73. The molecule has 0 spiro atoms. The van der Waals surface area contributed by atoms with Crippen LogP contribution >= 0.6 is 7.82 Å². The van der Waals surface area contributed by atoms with Crippen molar-refractivity contribution in [3.8, 4) is 0 Å². The number of phosphoric acid groups is 1. The third kappa shape index (κ3) is 4.99. The van der Waals surface area contributed by atoms with Gasteiger partial charge in [-0.3, -0.25) is 4.52 Å². The largest absolute Gasteiger partial charge is 0.470 e. The van der Waals surface area contributed by atoms with Gasteiger partial charge in [0.05, 0.1) is 13.1 Å². The SMILES string of the molecule is O.O=P(O)(O)OC(Cn1cncn1)(Cn1cncn1)c1ccc(F)cc1F. The lowest BCUT2D eigenvalue weighted by atomic mass is 9.93. The maximum Gasteiger partial charge on any atom is 0.470 e. The maximum absolute atomic E-state index is 14.5. The van der Waals surface area contributed by atoms with Gasteiger partial charge in [0, 0.05) is 11.6 Å². The number of hydrogen-bond acceptors (Lipinski definition) is 6. The van der Waals surface area contributed by atoms with Crippen molar-refractivity contribution < 1.29 is 33.1 Å². The van der Waals surface area contributed by atoms with E-state index in [1.807, 2.05) is 0 Å². The quantitative estimate of drug-likeness (QED) is 0.522. The molecule has 0 bridgehead atoms. The van der Waals surface area contributed by atoms with Crippen LogP contribution in [-0.4, -0.2) is 44.8 Å². The highest BCUT2D eigenvalue weighted by Gasteiger charge is 2.43. The Morgan fingerprint density at radius 1 is 1.07 bits per heavy atom. The summed E-state index contributed by atoms with van der Waals surface area (Å²) >= 11 is 0. The van der Waals surface area contributed by atoms with E-state index in [0.29, 0.717) is 6.07 Å². The molecular formula is C13H15F2N6O5P. The van der Waals surface area contributed by atoms with Crippen molar-refractivity contribution in [1.82, 2.24) is 29.5 Å². The van der Waals surface area contributed by atoms with E-state index in [1.54, 1.807) is 0 Å². The van der Waals surface area contributed by atoms with Gasteiger partial charge < -0.3 is 15.3 Å². The third-order valence-electron chi connectivity index (χ3n) is 3.48. The Bertz CT molecular complexity index is 881. The highest BCUT2D eigenvalue weighted by molar-refractivity contribution is 7.46. The fraction of sp³-hybridized carbons (Fsp3) is 0.231. The monoisotopic (exact) mass is 404 g/mol. The highest BCUT2D eigenvalue weighted by atomic mass is 31.2. The third-order valence-corrected chi connectivity index (χ3v) is 4.07. The van der Waals surface area contributed by atoms with Crippen molar-refractivity contribution in [2.45, 2.75) is 18.7 Å². The predicted octanol–water partition coefficient (Wildman–Crippen LogP) is 0.0281. The Labute approximate surface area is 150 Å². The van der Waals surface area contributed by atoms with Gasteiger partial charge in [-0.1, -0.05) is 6.07 Å². The average Bonchev–Trinajstić information content (AvgIpc) is 3.19. The first-order chi connectivity index (χ1) is 12.3. The van der Waals surface area contributed by atoms with E-state index in [-0.39, 0.29) is 24.1 Å². The molecule has 3 aromatic rings. The minimum absolute atomic E-state index is 0. The van der Waals surface area contributed by atoms with Gasteiger partial charge in [-0.05, 0) is 6.07 Å². The van der Waals surface area contributed by atoms with Crippen molar-refractivity contribution in [2.24, 2.45) is 0 Å². The van der Waals surface area contributed by atoms with Gasteiger partial charge >= 0.3 is 7.82 Å². The Morgan fingerprint density at radius 2 is 1.63 bits per heavy atom. The number of benzene rings is 1. The van der Waals surface area contributed by atoms with E-state index in [2.05, 4.69) is 20.2 Å². The average molecular weight is 404 g/mol. The van der Waals surface area contributed by atoms with E-state index in [1.165, 1.54) is 34.7 Å². The predicted molar refractivity (Wildman–Crippen MR) is 84.8 cm³/mol. The normalized spacial score (nSPS) is 12.0. The molecule has 0 aliphatic carbocycles. The van der Waals surface area contributed by atoms with Crippen molar-refractivity contribution >= 4 is 7.82 Å². The number of hydrogen-bond donors (Lipinski definition) is 2. The van der Waals surface area contributed by atoms with Gasteiger partial charge in [0.2, 0.25) is 0 Å². The number of halogens is 2. The smallest absolute Gasteiger partial charge is 0.412 e. The first-order valence-corrected chi connectivity index (χ1v) is 8.67. The van der Waals surface area contributed by atoms with E-state index in [0.717, 1.165) is 12.1 Å². The van der Waals surface area contributed by atoms with Crippen LogP contribution in [0.25, 0.3) is 0 Å². The second-order valence-electron chi connectivity index (χ2n) is 5.39. The van der Waals surface area contributed by atoms with Gasteiger partial charge in [-0.15, -0.1) is 0 Å². The van der Waals surface area contributed by atoms with Crippen molar-refractivity contribution in [3.63, 3.8) is 0 Å². The molecule has 0 radical (unpaired) electrons. The molecule has 0 fully saturated rings. The van der Waals surface area contributed by atoms with Crippen LogP contribution < -0.4 is 0 Å². The maximum atomic E-state index is 14.5. The van der Waals surface area contributed by atoms with Crippen LogP contribution in [0.2, 0.25) is 0 Å². The summed E-state index contributed by atoms with van der Waals surface area (Å²) in [6, 6.07) is 2.60. The number of rotatable bonds is 7. The number of phosphoric ester groups is 1. The summed E-state index contributed by atoms with van der Waals surface area (Å²) in [7, 11) is -5.10.